The van der Waals surface area contributed by atoms with Crippen LogP contribution in [0.1, 0.15) is 27.0 Å². The van der Waals surface area contributed by atoms with E-state index in [1.165, 1.54) is 12.4 Å². The summed E-state index contributed by atoms with van der Waals surface area (Å²) in [5, 5.41) is 20.5. The standard InChI is InChI=1S/C26H26N2O5/c29-26-23-17-21(33-16-13-28(31)11-14-32-15-12-28)8-9-22(23)24(19-5-2-1-3-6-19)25(26)20-7-4-10-27(30)18-20/h1-10,17-18,30-31H,11-16H2/q+2. The second-order valence-corrected chi connectivity index (χ2v) is 8.35. The number of aromatic nitrogens is 1. The molecular formula is C26H26N2O5+2. The SMILES string of the molecule is O=C1C(c2ccc[n+](O)c2)=C(c2ccccc2)c2ccc(OCC[N+]3(O)CCOCC3)cc21. The van der Waals surface area contributed by atoms with Gasteiger partial charge in [-0.2, -0.15) is 4.65 Å². The Balaban J connectivity index is 1.45. The van der Waals surface area contributed by atoms with Gasteiger partial charge in [0.1, 0.15) is 32.0 Å². The highest BCUT2D eigenvalue weighted by Crippen LogP contribution is 2.43. The summed E-state index contributed by atoms with van der Waals surface area (Å²) in [7, 11) is 0. The molecular weight excluding hydrogens is 420 g/mol. The summed E-state index contributed by atoms with van der Waals surface area (Å²) in [6.07, 6.45) is 3.04. The van der Waals surface area contributed by atoms with Gasteiger partial charge in [-0.3, -0.25) is 10.0 Å². The summed E-state index contributed by atoms with van der Waals surface area (Å²) in [5.41, 5.74) is 4.35. The van der Waals surface area contributed by atoms with Gasteiger partial charge in [-0.15, -0.1) is 0 Å². The monoisotopic (exact) mass is 446 g/mol. The fourth-order valence-electron chi connectivity index (χ4n) is 4.43. The van der Waals surface area contributed by atoms with Crippen molar-refractivity contribution in [1.29, 1.82) is 0 Å². The van der Waals surface area contributed by atoms with E-state index in [9.17, 15) is 15.2 Å². The smallest absolute Gasteiger partial charge is 0.230 e. The molecule has 0 unspecified atom stereocenters. The molecule has 0 atom stereocenters. The molecule has 1 aliphatic heterocycles. The molecule has 1 saturated heterocycles. The molecule has 0 radical (unpaired) electrons. The van der Waals surface area contributed by atoms with E-state index in [1.807, 2.05) is 48.5 Å². The molecule has 1 aromatic heterocycles. The lowest BCUT2D eigenvalue weighted by molar-refractivity contribution is -1.11. The van der Waals surface area contributed by atoms with E-state index in [1.54, 1.807) is 12.1 Å². The van der Waals surface area contributed by atoms with E-state index in [4.69, 9.17) is 9.47 Å². The Morgan fingerprint density at radius 3 is 2.45 bits per heavy atom. The maximum absolute atomic E-state index is 13.6. The summed E-state index contributed by atoms with van der Waals surface area (Å²) in [5.74, 6) is 0.472. The predicted molar refractivity (Wildman–Crippen MR) is 120 cm³/mol. The minimum atomic E-state index is -0.112. The van der Waals surface area contributed by atoms with Gasteiger partial charge in [-0.25, -0.2) is 5.21 Å². The second-order valence-electron chi connectivity index (χ2n) is 8.35. The van der Waals surface area contributed by atoms with Crippen LogP contribution in [0.25, 0.3) is 11.1 Å². The minimum Gasteiger partial charge on any atom is -0.488 e. The third kappa shape index (κ3) is 4.26. The number of quaternary nitrogens is 1. The minimum absolute atomic E-state index is 0.0666. The molecule has 0 saturated carbocycles. The fourth-order valence-corrected chi connectivity index (χ4v) is 4.43. The number of pyridine rings is 1. The highest BCUT2D eigenvalue weighted by molar-refractivity contribution is 6.41. The number of ether oxygens (including phenoxy) is 2. The number of nitrogens with zero attached hydrogens (tertiary/aromatic N) is 2. The van der Waals surface area contributed by atoms with Crippen molar-refractivity contribution in [2.75, 3.05) is 39.5 Å². The highest BCUT2D eigenvalue weighted by atomic mass is 16.6. The van der Waals surface area contributed by atoms with Gasteiger partial charge in [-0.05, 0) is 35.4 Å². The first-order valence-corrected chi connectivity index (χ1v) is 11.0. The number of allylic oxidation sites excluding steroid dienone is 1. The first kappa shape index (κ1) is 21.3. The summed E-state index contributed by atoms with van der Waals surface area (Å²) in [6.45, 7) is 2.94. The number of Topliss-reactive ketones (excluding diaryl/α,β-unsaturated/α-hetero) is 1. The first-order valence-electron chi connectivity index (χ1n) is 11.0. The number of morpholine rings is 1. The van der Waals surface area contributed by atoms with Gasteiger partial charge in [0.25, 0.3) is 0 Å². The van der Waals surface area contributed by atoms with Gasteiger partial charge in [-0.1, -0.05) is 30.3 Å². The van der Waals surface area contributed by atoms with Crippen LogP contribution < -0.4 is 9.47 Å². The van der Waals surface area contributed by atoms with Gasteiger partial charge in [0, 0.05) is 27.5 Å². The zero-order chi connectivity index (χ0) is 22.8. The number of carbonyl (C=O) groups excluding carboxylic acids is 1. The number of hydrogen-bond acceptors (Lipinski definition) is 5. The van der Waals surface area contributed by atoms with Crippen LogP contribution in [0.15, 0.2) is 73.1 Å². The zero-order valence-electron chi connectivity index (χ0n) is 18.2. The molecule has 5 rings (SSSR count). The van der Waals surface area contributed by atoms with Crippen molar-refractivity contribution in [3.05, 3.63) is 95.3 Å². The molecule has 168 valence electrons. The van der Waals surface area contributed by atoms with Crippen LogP contribution in [0.4, 0.5) is 0 Å². The molecule has 7 heteroatoms. The molecule has 3 aromatic rings. The average Bonchev–Trinajstić information content (AvgIpc) is 3.12. The number of benzene rings is 2. The van der Waals surface area contributed by atoms with Gasteiger partial charge in [0.05, 0.1) is 18.8 Å². The Labute approximate surface area is 191 Å². The summed E-state index contributed by atoms with van der Waals surface area (Å²) in [6, 6.07) is 18.8. The molecule has 0 bridgehead atoms. The van der Waals surface area contributed by atoms with Crippen LogP contribution in [-0.2, 0) is 4.74 Å². The normalized spacial score (nSPS) is 17.2. The Morgan fingerprint density at radius 1 is 0.939 bits per heavy atom. The molecule has 1 fully saturated rings. The summed E-state index contributed by atoms with van der Waals surface area (Å²) < 4.78 is 12.1. The lowest BCUT2D eigenvalue weighted by Gasteiger charge is -2.33. The maximum Gasteiger partial charge on any atom is 0.230 e. The molecule has 2 N–H and O–H groups in total. The average molecular weight is 447 g/mol. The number of hydroxylamine groups is 3. The van der Waals surface area contributed by atoms with E-state index in [0.29, 0.717) is 61.9 Å². The van der Waals surface area contributed by atoms with Gasteiger partial charge in [0.2, 0.25) is 12.4 Å². The molecule has 2 aromatic carbocycles. The third-order valence-corrected chi connectivity index (χ3v) is 6.20. The highest BCUT2D eigenvalue weighted by Gasteiger charge is 2.33. The molecule has 2 heterocycles. The number of ketones is 1. The molecule has 33 heavy (non-hydrogen) atoms. The van der Waals surface area contributed by atoms with Crippen LogP contribution in [0.3, 0.4) is 0 Å². The lowest BCUT2D eigenvalue weighted by Crippen LogP contribution is -2.54. The van der Waals surface area contributed by atoms with E-state index >= 15 is 0 Å². The number of fused-ring (bicyclic) bond motifs is 1. The maximum atomic E-state index is 13.6. The second kappa shape index (κ2) is 8.78. The largest absolute Gasteiger partial charge is 0.488 e. The van der Waals surface area contributed by atoms with E-state index < -0.39 is 0 Å². The summed E-state index contributed by atoms with van der Waals surface area (Å²) >= 11 is 0. The van der Waals surface area contributed by atoms with Crippen molar-refractivity contribution in [2.24, 2.45) is 0 Å². The zero-order valence-corrected chi connectivity index (χ0v) is 18.2. The lowest BCUT2D eigenvalue weighted by atomic mass is 9.95. The van der Waals surface area contributed by atoms with E-state index in [-0.39, 0.29) is 10.4 Å². The topological polar surface area (TPSA) is 79.9 Å². The van der Waals surface area contributed by atoms with Crippen molar-refractivity contribution in [2.45, 2.75) is 0 Å². The van der Waals surface area contributed by atoms with Gasteiger partial charge >= 0.3 is 0 Å². The van der Waals surface area contributed by atoms with E-state index in [2.05, 4.69) is 0 Å². The number of rotatable bonds is 6. The first-order chi connectivity index (χ1) is 16.0. The Morgan fingerprint density at radius 2 is 1.70 bits per heavy atom. The predicted octanol–water partition coefficient (Wildman–Crippen LogP) is 2.98. The molecule has 7 nitrogen and oxygen atoms in total. The Bertz CT molecular complexity index is 1220. The van der Waals surface area contributed by atoms with Crippen LogP contribution in [0.5, 0.6) is 5.75 Å². The van der Waals surface area contributed by atoms with Crippen LogP contribution in [0, 0.1) is 0 Å². The number of hydrogen-bond donors (Lipinski definition) is 2. The number of carbonyl (C=O) groups is 1. The fraction of sp³-hybridized carbons (Fsp3) is 0.231. The van der Waals surface area contributed by atoms with Crippen molar-refractivity contribution in [3.8, 4) is 5.75 Å². The van der Waals surface area contributed by atoms with Crippen LogP contribution in [-0.4, -0.2) is 60.3 Å². The quantitative estimate of drug-likeness (QED) is 0.346. The molecule has 0 spiro atoms. The third-order valence-electron chi connectivity index (χ3n) is 6.20. The van der Waals surface area contributed by atoms with Crippen molar-refractivity contribution in [3.63, 3.8) is 0 Å². The van der Waals surface area contributed by atoms with Gasteiger partial charge < -0.3 is 9.47 Å². The van der Waals surface area contributed by atoms with E-state index in [0.717, 1.165) is 21.4 Å². The van der Waals surface area contributed by atoms with Gasteiger partial charge in [0.15, 0.2) is 5.78 Å². The Kier molecular flexibility index (Phi) is 5.68. The van der Waals surface area contributed by atoms with Crippen molar-refractivity contribution >= 4 is 16.9 Å². The van der Waals surface area contributed by atoms with Crippen molar-refractivity contribution in [1.82, 2.24) is 0 Å². The molecule has 0 amide bonds. The van der Waals surface area contributed by atoms with Crippen molar-refractivity contribution < 1.29 is 34.1 Å². The van der Waals surface area contributed by atoms with Crippen LogP contribution in [0.2, 0.25) is 0 Å². The Hall–Kier alpha value is -3.52. The summed E-state index contributed by atoms with van der Waals surface area (Å²) in [4.78, 5) is 13.6. The van der Waals surface area contributed by atoms with Crippen LogP contribution >= 0.6 is 0 Å². The molecule has 1 aliphatic carbocycles. The molecule has 2 aliphatic rings.